The maximum atomic E-state index is 13.6. The maximum absolute atomic E-state index is 13.6. The Hall–Kier alpha value is -1.38. The van der Waals surface area contributed by atoms with E-state index in [0.29, 0.717) is 19.3 Å². The highest BCUT2D eigenvalue weighted by Crippen LogP contribution is 2.42. The summed E-state index contributed by atoms with van der Waals surface area (Å²) >= 11 is 0. The first kappa shape index (κ1) is 12.1. The molecule has 1 aliphatic carbocycles. The molecule has 0 aliphatic heterocycles. The second-order valence-electron chi connectivity index (χ2n) is 5.45. The Morgan fingerprint density at radius 2 is 1.88 bits per heavy atom. The Morgan fingerprint density at radius 1 is 1.35 bits per heavy atom. The van der Waals surface area contributed by atoms with Crippen LogP contribution in [0.4, 0.5) is 4.39 Å². The van der Waals surface area contributed by atoms with Gasteiger partial charge in [-0.15, -0.1) is 0 Å². The van der Waals surface area contributed by atoms with E-state index in [1.807, 2.05) is 12.1 Å². The van der Waals surface area contributed by atoms with E-state index in [2.05, 4.69) is 0 Å². The van der Waals surface area contributed by atoms with Gasteiger partial charge in [0.2, 0.25) is 0 Å². The van der Waals surface area contributed by atoms with Gasteiger partial charge >= 0.3 is 5.97 Å². The van der Waals surface area contributed by atoms with Crippen LogP contribution in [-0.4, -0.2) is 16.7 Å². The molecule has 0 radical (unpaired) electrons. The summed E-state index contributed by atoms with van der Waals surface area (Å²) in [6, 6.07) is 7.24. The standard InChI is InChI=1S/C14H17FO2/c1-13(2,12(16)17)11-5-3-10(4-6-11)9-14(15)7-8-14/h3-6H,7-9H2,1-2H3,(H,16,17). The van der Waals surface area contributed by atoms with E-state index in [4.69, 9.17) is 5.11 Å². The summed E-state index contributed by atoms with van der Waals surface area (Å²) in [6.45, 7) is 3.34. The van der Waals surface area contributed by atoms with Gasteiger partial charge in [0, 0.05) is 6.42 Å². The second kappa shape index (κ2) is 3.83. The summed E-state index contributed by atoms with van der Waals surface area (Å²) in [5.74, 6) is -0.852. The van der Waals surface area contributed by atoms with Gasteiger partial charge in [0.15, 0.2) is 0 Å². The molecule has 1 aromatic rings. The molecule has 1 aliphatic rings. The van der Waals surface area contributed by atoms with Crippen LogP contribution in [0.3, 0.4) is 0 Å². The predicted octanol–water partition coefficient (Wildman–Crippen LogP) is 3.09. The van der Waals surface area contributed by atoms with E-state index in [1.54, 1.807) is 26.0 Å². The highest BCUT2D eigenvalue weighted by atomic mass is 19.1. The van der Waals surface area contributed by atoms with Crippen LogP contribution in [0.2, 0.25) is 0 Å². The van der Waals surface area contributed by atoms with Gasteiger partial charge in [0.1, 0.15) is 5.67 Å². The molecule has 0 atom stereocenters. The van der Waals surface area contributed by atoms with Crippen molar-refractivity contribution in [3.05, 3.63) is 35.4 Å². The van der Waals surface area contributed by atoms with Crippen LogP contribution in [0.1, 0.15) is 37.8 Å². The number of carboxylic acid groups (broad SMARTS) is 1. The van der Waals surface area contributed by atoms with Crippen LogP contribution < -0.4 is 0 Å². The fourth-order valence-corrected chi connectivity index (χ4v) is 1.84. The molecule has 0 heterocycles. The van der Waals surface area contributed by atoms with Gasteiger partial charge in [-0.1, -0.05) is 24.3 Å². The molecule has 0 aromatic heterocycles. The zero-order valence-corrected chi connectivity index (χ0v) is 10.2. The lowest BCUT2D eigenvalue weighted by Crippen LogP contribution is -2.28. The number of benzene rings is 1. The normalized spacial score (nSPS) is 17.8. The first-order chi connectivity index (χ1) is 7.83. The number of rotatable bonds is 4. The van der Waals surface area contributed by atoms with E-state index in [0.717, 1.165) is 11.1 Å². The molecular formula is C14H17FO2. The van der Waals surface area contributed by atoms with Crippen molar-refractivity contribution in [3.8, 4) is 0 Å². The number of hydrogen-bond donors (Lipinski definition) is 1. The van der Waals surface area contributed by atoms with Crippen molar-refractivity contribution >= 4 is 5.97 Å². The third-order valence-corrected chi connectivity index (χ3v) is 3.52. The van der Waals surface area contributed by atoms with Gasteiger partial charge in [-0.05, 0) is 37.8 Å². The molecule has 1 fully saturated rings. The van der Waals surface area contributed by atoms with E-state index in [9.17, 15) is 9.18 Å². The van der Waals surface area contributed by atoms with Crippen molar-refractivity contribution in [2.24, 2.45) is 0 Å². The monoisotopic (exact) mass is 236 g/mol. The van der Waals surface area contributed by atoms with Gasteiger partial charge in [0.05, 0.1) is 5.41 Å². The lowest BCUT2D eigenvalue weighted by Gasteiger charge is -2.20. The molecule has 1 N–H and O–H groups in total. The van der Waals surface area contributed by atoms with E-state index < -0.39 is 17.1 Å². The molecular weight excluding hydrogens is 219 g/mol. The van der Waals surface area contributed by atoms with E-state index >= 15 is 0 Å². The number of aliphatic carboxylic acids is 1. The molecule has 17 heavy (non-hydrogen) atoms. The molecule has 0 unspecified atom stereocenters. The molecule has 0 spiro atoms. The molecule has 92 valence electrons. The number of carbonyl (C=O) groups is 1. The molecule has 3 heteroatoms. The number of alkyl halides is 1. The van der Waals surface area contributed by atoms with Crippen molar-refractivity contribution in [3.63, 3.8) is 0 Å². The highest BCUT2D eigenvalue weighted by molar-refractivity contribution is 5.80. The summed E-state index contributed by atoms with van der Waals surface area (Å²) in [5.41, 5.74) is -0.206. The fraction of sp³-hybridized carbons (Fsp3) is 0.500. The zero-order valence-electron chi connectivity index (χ0n) is 10.2. The second-order valence-corrected chi connectivity index (χ2v) is 5.45. The van der Waals surface area contributed by atoms with Crippen molar-refractivity contribution in [1.29, 1.82) is 0 Å². The smallest absolute Gasteiger partial charge is 0.313 e. The summed E-state index contributed by atoms with van der Waals surface area (Å²) in [7, 11) is 0. The van der Waals surface area contributed by atoms with Gasteiger partial charge in [-0.25, -0.2) is 4.39 Å². The quantitative estimate of drug-likeness (QED) is 0.872. The topological polar surface area (TPSA) is 37.3 Å². The van der Waals surface area contributed by atoms with Gasteiger partial charge in [-0.2, -0.15) is 0 Å². The first-order valence-electron chi connectivity index (χ1n) is 5.85. The molecule has 1 aromatic carbocycles. The Morgan fingerprint density at radius 3 is 2.29 bits per heavy atom. The zero-order chi connectivity index (χ0) is 12.7. The average Bonchev–Trinajstić information content (AvgIpc) is 2.96. The van der Waals surface area contributed by atoms with Crippen LogP contribution in [-0.2, 0) is 16.6 Å². The summed E-state index contributed by atoms with van der Waals surface area (Å²) in [4.78, 5) is 11.1. The summed E-state index contributed by atoms with van der Waals surface area (Å²) < 4.78 is 13.6. The van der Waals surface area contributed by atoms with E-state index in [-0.39, 0.29) is 0 Å². The summed E-state index contributed by atoms with van der Waals surface area (Å²) in [5, 5.41) is 9.10. The van der Waals surface area contributed by atoms with Crippen LogP contribution in [0.5, 0.6) is 0 Å². The Balaban J connectivity index is 2.15. The van der Waals surface area contributed by atoms with Gasteiger partial charge in [-0.3, -0.25) is 4.79 Å². The van der Waals surface area contributed by atoms with Crippen molar-refractivity contribution in [2.45, 2.75) is 44.2 Å². The van der Waals surface area contributed by atoms with Crippen molar-refractivity contribution in [1.82, 2.24) is 0 Å². The Bertz CT molecular complexity index is 430. The SMILES string of the molecule is CC(C)(C(=O)O)c1ccc(CC2(F)CC2)cc1. The largest absolute Gasteiger partial charge is 0.481 e. The predicted molar refractivity (Wildman–Crippen MR) is 63.9 cm³/mol. The molecule has 1 saturated carbocycles. The Labute approximate surface area is 100 Å². The third kappa shape index (κ3) is 2.48. The fourth-order valence-electron chi connectivity index (χ4n) is 1.84. The van der Waals surface area contributed by atoms with Crippen molar-refractivity contribution < 1.29 is 14.3 Å². The molecule has 0 amide bonds. The minimum atomic E-state index is -0.996. The molecule has 0 saturated heterocycles. The maximum Gasteiger partial charge on any atom is 0.313 e. The highest BCUT2D eigenvalue weighted by Gasteiger charge is 2.42. The average molecular weight is 236 g/mol. The van der Waals surface area contributed by atoms with Gasteiger partial charge in [0.25, 0.3) is 0 Å². The van der Waals surface area contributed by atoms with Crippen LogP contribution in [0.15, 0.2) is 24.3 Å². The van der Waals surface area contributed by atoms with Crippen molar-refractivity contribution in [2.75, 3.05) is 0 Å². The minimum Gasteiger partial charge on any atom is -0.481 e. The molecule has 0 bridgehead atoms. The number of hydrogen-bond acceptors (Lipinski definition) is 1. The van der Waals surface area contributed by atoms with E-state index in [1.165, 1.54) is 0 Å². The molecule has 2 rings (SSSR count). The lowest BCUT2D eigenvalue weighted by molar-refractivity contribution is -0.142. The number of halogens is 1. The van der Waals surface area contributed by atoms with Crippen LogP contribution in [0, 0.1) is 0 Å². The molecule has 2 nitrogen and oxygen atoms in total. The number of carboxylic acids is 1. The Kier molecular flexibility index (Phi) is 2.72. The van der Waals surface area contributed by atoms with Crippen LogP contribution in [0.25, 0.3) is 0 Å². The van der Waals surface area contributed by atoms with Crippen LogP contribution >= 0.6 is 0 Å². The lowest BCUT2D eigenvalue weighted by atomic mass is 9.84. The summed E-state index contributed by atoms with van der Waals surface area (Å²) in [6.07, 6.45) is 1.74. The first-order valence-corrected chi connectivity index (χ1v) is 5.85. The van der Waals surface area contributed by atoms with Gasteiger partial charge < -0.3 is 5.11 Å². The third-order valence-electron chi connectivity index (χ3n) is 3.52. The minimum absolute atomic E-state index is 0.445.